The molecular formula is C5H3N4O. The lowest BCUT2D eigenvalue weighted by molar-refractivity contribution is 0.414. The van der Waals surface area contributed by atoms with Crippen molar-refractivity contribution in [3.8, 4) is 5.82 Å². The van der Waals surface area contributed by atoms with Crippen LogP contribution < -0.4 is 0 Å². The lowest BCUT2D eigenvalue weighted by Gasteiger charge is -1.86. The van der Waals surface area contributed by atoms with Gasteiger partial charge in [0.2, 0.25) is 0 Å². The average Bonchev–Trinajstić information content (AvgIpc) is 2.59. The Labute approximate surface area is 56.2 Å². The molecule has 10 heavy (non-hydrogen) atoms. The van der Waals surface area contributed by atoms with Crippen molar-refractivity contribution in [2.75, 3.05) is 0 Å². The summed E-state index contributed by atoms with van der Waals surface area (Å²) in [7, 11) is 0. The first-order valence-electron chi connectivity index (χ1n) is 2.66. The molecule has 0 N–H and O–H groups in total. The molecule has 0 fully saturated rings. The topological polar surface area (TPSA) is 56.7 Å². The second kappa shape index (κ2) is 1.94. The summed E-state index contributed by atoms with van der Waals surface area (Å²) >= 11 is 0. The third-order valence-corrected chi connectivity index (χ3v) is 1.04. The number of nitrogens with zero attached hydrogens (tertiary/aromatic N) is 4. The molecule has 5 heteroatoms. The van der Waals surface area contributed by atoms with Crippen LogP contribution in [-0.4, -0.2) is 20.2 Å². The second-order valence-corrected chi connectivity index (χ2v) is 1.65. The standard InChI is InChI=1S/C5H3N4O/c1-4-10-7-5(1)9-3-2-6-8-9/h1,3-4H. The molecule has 0 unspecified atom stereocenters. The molecule has 0 aromatic carbocycles. The third kappa shape index (κ3) is 0.680. The molecule has 0 saturated carbocycles. The van der Waals surface area contributed by atoms with E-state index in [0.717, 1.165) is 0 Å². The number of rotatable bonds is 1. The minimum atomic E-state index is 0.605. The molecule has 0 aliphatic rings. The summed E-state index contributed by atoms with van der Waals surface area (Å²) in [6.45, 7) is 0. The van der Waals surface area contributed by atoms with E-state index < -0.39 is 0 Å². The highest BCUT2D eigenvalue weighted by Gasteiger charge is 1.97. The van der Waals surface area contributed by atoms with E-state index in [0.29, 0.717) is 5.82 Å². The summed E-state index contributed by atoms with van der Waals surface area (Å²) in [4.78, 5) is 0. The van der Waals surface area contributed by atoms with Crippen molar-refractivity contribution in [1.82, 2.24) is 20.2 Å². The van der Waals surface area contributed by atoms with Gasteiger partial charge in [0.1, 0.15) is 12.5 Å². The predicted octanol–water partition coefficient (Wildman–Crippen LogP) is 0.0555. The van der Waals surface area contributed by atoms with E-state index in [1.54, 1.807) is 12.3 Å². The van der Waals surface area contributed by atoms with Crippen molar-refractivity contribution in [1.29, 1.82) is 0 Å². The average molecular weight is 135 g/mol. The maximum atomic E-state index is 4.59. The van der Waals surface area contributed by atoms with Crippen LogP contribution in [0.4, 0.5) is 0 Å². The van der Waals surface area contributed by atoms with Crippen molar-refractivity contribution in [3.05, 3.63) is 24.7 Å². The zero-order chi connectivity index (χ0) is 6.81. The zero-order valence-corrected chi connectivity index (χ0v) is 4.93. The van der Waals surface area contributed by atoms with Gasteiger partial charge in [-0.05, 0) is 0 Å². The number of hydrogen-bond donors (Lipinski definition) is 0. The summed E-state index contributed by atoms with van der Waals surface area (Å²) in [5.74, 6) is 0.605. The van der Waals surface area contributed by atoms with Gasteiger partial charge >= 0.3 is 0 Å². The molecule has 49 valence electrons. The van der Waals surface area contributed by atoms with E-state index in [1.807, 2.05) is 0 Å². The van der Waals surface area contributed by atoms with Gasteiger partial charge in [-0.3, -0.25) is 0 Å². The Morgan fingerprint density at radius 1 is 1.60 bits per heavy atom. The van der Waals surface area contributed by atoms with Gasteiger partial charge in [-0.2, -0.15) is 4.68 Å². The minimum absolute atomic E-state index is 0.605. The molecular weight excluding hydrogens is 132 g/mol. The Hall–Kier alpha value is -1.65. The normalized spacial score (nSPS) is 10.0. The van der Waals surface area contributed by atoms with Crippen LogP contribution in [0.5, 0.6) is 0 Å². The largest absolute Gasteiger partial charge is 0.363 e. The van der Waals surface area contributed by atoms with E-state index in [-0.39, 0.29) is 0 Å². The summed E-state index contributed by atoms with van der Waals surface area (Å²) < 4.78 is 6.05. The first-order valence-corrected chi connectivity index (χ1v) is 2.66. The molecule has 5 nitrogen and oxygen atoms in total. The number of aromatic nitrogens is 4. The Morgan fingerprint density at radius 2 is 2.60 bits per heavy atom. The zero-order valence-electron chi connectivity index (χ0n) is 4.93. The Balaban J connectivity index is 2.48. The van der Waals surface area contributed by atoms with Gasteiger partial charge in [0.05, 0.1) is 6.20 Å². The lowest BCUT2D eigenvalue weighted by Crippen LogP contribution is -1.93. The van der Waals surface area contributed by atoms with E-state index in [4.69, 9.17) is 0 Å². The SMILES string of the molecule is [c]1cn(-c2ccon2)nn1. The maximum Gasteiger partial charge on any atom is 0.197 e. The molecule has 0 amide bonds. The fourth-order valence-electron chi connectivity index (χ4n) is 0.617. The maximum absolute atomic E-state index is 4.59. The Kier molecular flexibility index (Phi) is 1.00. The van der Waals surface area contributed by atoms with E-state index in [2.05, 4.69) is 26.2 Å². The van der Waals surface area contributed by atoms with Gasteiger partial charge in [-0.25, -0.2) is 0 Å². The summed E-state index contributed by atoms with van der Waals surface area (Å²) in [5, 5.41) is 10.8. The molecule has 2 aromatic heterocycles. The van der Waals surface area contributed by atoms with Crippen LogP contribution in [-0.2, 0) is 0 Å². The van der Waals surface area contributed by atoms with Crippen molar-refractivity contribution in [3.63, 3.8) is 0 Å². The summed E-state index contributed by atoms with van der Waals surface area (Å²) in [5.41, 5.74) is 0. The van der Waals surface area contributed by atoms with Crippen LogP contribution >= 0.6 is 0 Å². The molecule has 0 spiro atoms. The molecule has 0 aliphatic heterocycles. The quantitative estimate of drug-likeness (QED) is 0.554. The molecule has 0 saturated heterocycles. The van der Waals surface area contributed by atoms with E-state index >= 15 is 0 Å². The predicted molar refractivity (Wildman–Crippen MR) is 30.3 cm³/mol. The van der Waals surface area contributed by atoms with Gasteiger partial charge in [0, 0.05) is 6.07 Å². The van der Waals surface area contributed by atoms with Crippen LogP contribution in [0.1, 0.15) is 0 Å². The van der Waals surface area contributed by atoms with Crippen molar-refractivity contribution >= 4 is 0 Å². The van der Waals surface area contributed by atoms with Gasteiger partial charge in [-0.15, -0.1) is 5.10 Å². The number of hydrogen-bond acceptors (Lipinski definition) is 4. The first-order chi connectivity index (χ1) is 4.97. The Bertz CT molecular complexity index is 253. The van der Waals surface area contributed by atoms with Gasteiger partial charge in [-0.1, -0.05) is 10.4 Å². The fourth-order valence-corrected chi connectivity index (χ4v) is 0.617. The smallest absolute Gasteiger partial charge is 0.197 e. The lowest BCUT2D eigenvalue weighted by atomic mass is 10.6. The molecule has 0 bridgehead atoms. The highest BCUT2D eigenvalue weighted by molar-refractivity contribution is 5.13. The van der Waals surface area contributed by atoms with Gasteiger partial charge < -0.3 is 4.52 Å². The van der Waals surface area contributed by atoms with E-state index in [1.165, 1.54) is 10.9 Å². The summed E-state index contributed by atoms with van der Waals surface area (Å²) in [6.07, 6.45) is 5.57. The van der Waals surface area contributed by atoms with Crippen LogP contribution in [0.15, 0.2) is 23.0 Å². The molecule has 1 radical (unpaired) electrons. The minimum Gasteiger partial charge on any atom is -0.363 e. The van der Waals surface area contributed by atoms with Crippen LogP contribution in [0.3, 0.4) is 0 Å². The monoisotopic (exact) mass is 135 g/mol. The van der Waals surface area contributed by atoms with Crippen LogP contribution in [0.25, 0.3) is 5.82 Å². The molecule has 2 rings (SSSR count). The molecule has 0 aliphatic carbocycles. The Morgan fingerprint density at radius 3 is 3.20 bits per heavy atom. The van der Waals surface area contributed by atoms with Gasteiger partial charge in [0.25, 0.3) is 0 Å². The summed E-state index contributed by atoms with van der Waals surface area (Å²) in [6, 6.07) is 1.68. The van der Waals surface area contributed by atoms with Crippen LogP contribution in [0.2, 0.25) is 0 Å². The third-order valence-electron chi connectivity index (χ3n) is 1.04. The van der Waals surface area contributed by atoms with Crippen molar-refractivity contribution in [2.45, 2.75) is 0 Å². The fraction of sp³-hybridized carbons (Fsp3) is 0. The van der Waals surface area contributed by atoms with Crippen molar-refractivity contribution < 1.29 is 4.52 Å². The van der Waals surface area contributed by atoms with Gasteiger partial charge in [0.15, 0.2) is 5.82 Å². The first kappa shape index (κ1) is 5.16. The van der Waals surface area contributed by atoms with Crippen LogP contribution in [0, 0.1) is 6.20 Å². The molecule has 2 aromatic rings. The van der Waals surface area contributed by atoms with E-state index in [9.17, 15) is 0 Å². The highest BCUT2D eigenvalue weighted by Crippen LogP contribution is 1.98. The second-order valence-electron chi connectivity index (χ2n) is 1.65. The molecule has 0 atom stereocenters. The van der Waals surface area contributed by atoms with Crippen molar-refractivity contribution in [2.24, 2.45) is 0 Å². The highest BCUT2D eigenvalue weighted by atomic mass is 16.5. The molecule has 2 heterocycles.